The van der Waals surface area contributed by atoms with E-state index in [2.05, 4.69) is 10.1 Å². The van der Waals surface area contributed by atoms with Crippen molar-refractivity contribution < 1.29 is 23.5 Å². The number of nitrogens with zero attached hydrogens (tertiary/aromatic N) is 3. The third-order valence-electron chi connectivity index (χ3n) is 5.36. The number of ether oxygens (including phenoxy) is 3. The average molecular weight is 437 g/mol. The van der Waals surface area contributed by atoms with E-state index in [0.29, 0.717) is 55.9 Å². The second-order valence-corrected chi connectivity index (χ2v) is 7.47. The molecule has 1 aromatic heterocycles. The van der Waals surface area contributed by atoms with E-state index in [9.17, 15) is 4.79 Å². The molecule has 0 radical (unpaired) electrons. The highest BCUT2D eigenvalue weighted by atomic mass is 16.5. The van der Waals surface area contributed by atoms with Gasteiger partial charge in [0.05, 0.1) is 26.2 Å². The van der Waals surface area contributed by atoms with Crippen molar-refractivity contribution in [1.82, 2.24) is 15.0 Å². The SMILES string of the molecule is CCOc1ccccc1CN1CC(c2nc(-c3ccc(OCC)c(OC)c3)no2)CC1=O. The van der Waals surface area contributed by atoms with Gasteiger partial charge in [0.15, 0.2) is 11.5 Å². The van der Waals surface area contributed by atoms with E-state index in [1.54, 1.807) is 7.11 Å². The molecule has 0 bridgehead atoms. The number of carbonyl (C=O) groups is 1. The largest absolute Gasteiger partial charge is 0.494 e. The van der Waals surface area contributed by atoms with Crippen LogP contribution in [0.5, 0.6) is 17.2 Å². The highest BCUT2D eigenvalue weighted by molar-refractivity contribution is 5.79. The van der Waals surface area contributed by atoms with Crippen molar-refractivity contribution >= 4 is 5.91 Å². The summed E-state index contributed by atoms with van der Waals surface area (Å²) in [7, 11) is 1.59. The average Bonchev–Trinajstić information content (AvgIpc) is 3.43. The third kappa shape index (κ3) is 4.54. The van der Waals surface area contributed by atoms with Crippen LogP contribution in [-0.4, -0.2) is 47.8 Å². The quantitative estimate of drug-likeness (QED) is 0.499. The van der Waals surface area contributed by atoms with Gasteiger partial charge in [-0.05, 0) is 38.1 Å². The first-order valence-corrected chi connectivity index (χ1v) is 10.8. The van der Waals surface area contributed by atoms with Gasteiger partial charge in [0.2, 0.25) is 17.6 Å². The zero-order chi connectivity index (χ0) is 22.5. The summed E-state index contributed by atoms with van der Waals surface area (Å²) in [5.41, 5.74) is 1.74. The Morgan fingerprint density at radius 2 is 1.84 bits per heavy atom. The standard InChI is InChI=1S/C24H27N3O5/c1-4-30-19-9-7-6-8-17(19)14-27-15-18(13-22(27)28)24-25-23(26-32-24)16-10-11-20(31-5-2)21(12-16)29-3/h6-12,18H,4-5,13-15H2,1-3H3. The summed E-state index contributed by atoms with van der Waals surface area (Å²) in [5.74, 6) is 2.89. The predicted octanol–water partition coefficient (Wildman–Crippen LogP) is 4.06. The zero-order valence-electron chi connectivity index (χ0n) is 18.5. The lowest BCUT2D eigenvalue weighted by Crippen LogP contribution is -2.24. The van der Waals surface area contributed by atoms with E-state index in [1.165, 1.54) is 0 Å². The number of para-hydroxylation sites is 1. The van der Waals surface area contributed by atoms with Crippen LogP contribution in [0, 0.1) is 0 Å². The highest BCUT2D eigenvalue weighted by Gasteiger charge is 2.34. The van der Waals surface area contributed by atoms with Crippen molar-refractivity contribution in [3.8, 4) is 28.6 Å². The number of likely N-dealkylation sites (tertiary alicyclic amines) is 1. The first kappa shape index (κ1) is 21.7. The third-order valence-corrected chi connectivity index (χ3v) is 5.36. The minimum absolute atomic E-state index is 0.0591. The molecule has 8 heteroatoms. The number of rotatable bonds is 9. The van der Waals surface area contributed by atoms with Gasteiger partial charge < -0.3 is 23.6 Å². The van der Waals surface area contributed by atoms with Gasteiger partial charge >= 0.3 is 0 Å². The molecular formula is C24H27N3O5. The topological polar surface area (TPSA) is 86.9 Å². The molecule has 1 fully saturated rings. The van der Waals surface area contributed by atoms with Crippen LogP contribution >= 0.6 is 0 Å². The fourth-order valence-electron chi connectivity index (χ4n) is 3.83. The number of hydrogen-bond acceptors (Lipinski definition) is 7. The van der Waals surface area contributed by atoms with Gasteiger partial charge in [0.25, 0.3) is 0 Å². The van der Waals surface area contributed by atoms with Crippen LogP contribution in [0.2, 0.25) is 0 Å². The molecule has 4 rings (SSSR count). The lowest BCUT2D eigenvalue weighted by atomic mass is 10.1. The maximum absolute atomic E-state index is 12.7. The van der Waals surface area contributed by atoms with Crippen molar-refractivity contribution in [2.24, 2.45) is 0 Å². The second kappa shape index (κ2) is 9.72. The number of benzene rings is 2. The molecule has 1 unspecified atom stereocenters. The van der Waals surface area contributed by atoms with Gasteiger partial charge in [0.1, 0.15) is 5.75 Å². The Labute approximate surface area is 187 Å². The van der Waals surface area contributed by atoms with E-state index in [0.717, 1.165) is 16.9 Å². The van der Waals surface area contributed by atoms with Crippen molar-refractivity contribution in [2.75, 3.05) is 26.9 Å². The molecular weight excluding hydrogens is 410 g/mol. The molecule has 3 aromatic rings. The molecule has 2 heterocycles. The second-order valence-electron chi connectivity index (χ2n) is 7.47. The normalized spacial score (nSPS) is 15.8. The molecule has 0 saturated carbocycles. The molecule has 1 amide bonds. The molecule has 1 aliphatic heterocycles. The minimum atomic E-state index is -0.146. The van der Waals surface area contributed by atoms with Crippen LogP contribution in [0.1, 0.15) is 37.6 Å². The van der Waals surface area contributed by atoms with E-state index in [4.69, 9.17) is 18.7 Å². The fraction of sp³-hybridized carbons (Fsp3) is 0.375. The fourth-order valence-corrected chi connectivity index (χ4v) is 3.83. The van der Waals surface area contributed by atoms with Crippen LogP contribution in [0.3, 0.4) is 0 Å². The molecule has 0 N–H and O–H groups in total. The van der Waals surface area contributed by atoms with Crippen LogP contribution in [0.15, 0.2) is 47.0 Å². The first-order chi connectivity index (χ1) is 15.6. The minimum Gasteiger partial charge on any atom is -0.494 e. The maximum atomic E-state index is 12.7. The Kier molecular flexibility index (Phi) is 6.58. The van der Waals surface area contributed by atoms with Gasteiger partial charge in [-0.15, -0.1) is 0 Å². The molecule has 1 atom stereocenters. The summed E-state index contributed by atoms with van der Waals surface area (Å²) in [4.78, 5) is 19.0. The van der Waals surface area contributed by atoms with Crippen molar-refractivity contribution in [3.05, 3.63) is 53.9 Å². The Bertz CT molecular complexity index is 1080. The van der Waals surface area contributed by atoms with Gasteiger partial charge in [-0.3, -0.25) is 4.79 Å². The molecule has 1 aliphatic rings. The summed E-state index contributed by atoms with van der Waals surface area (Å²) in [5, 5.41) is 4.12. The maximum Gasteiger partial charge on any atom is 0.232 e. The van der Waals surface area contributed by atoms with E-state index in [-0.39, 0.29) is 11.8 Å². The molecule has 8 nitrogen and oxygen atoms in total. The number of hydrogen-bond donors (Lipinski definition) is 0. The lowest BCUT2D eigenvalue weighted by molar-refractivity contribution is -0.128. The molecule has 0 aliphatic carbocycles. The lowest BCUT2D eigenvalue weighted by Gasteiger charge is -2.18. The van der Waals surface area contributed by atoms with E-state index >= 15 is 0 Å². The summed E-state index contributed by atoms with van der Waals surface area (Å²) in [6, 6.07) is 13.3. The Hall–Kier alpha value is -3.55. The van der Waals surface area contributed by atoms with Crippen LogP contribution in [0.4, 0.5) is 0 Å². The number of carbonyl (C=O) groups excluding carboxylic acids is 1. The van der Waals surface area contributed by atoms with Gasteiger partial charge in [-0.1, -0.05) is 23.4 Å². The Morgan fingerprint density at radius 1 is 1.06 bits per heavy atom. The van der Waals surface area contributed by atoms with E-state index < -0.39 is 0 Å². The van der Waals surface area contributed by atoms with Crippen molar-refractivity contribution in [2.45, 2.75) is 32.7 Å². The molecule has 2 aromatic carbocycles. The van der Waals surface area contributed by atoms with Gasteiger partial charge in [-0.2, -0.15) is 4.98 Å². The van der Waals surface area contributed by atoms with Crippen LogP contribution in [0.25, 0.3) is 11.4 Å². The van der Waals surface area contributed by atoms with Crippen molar-refractivity contribution in [3.63, 3.8) is 0 Å². The monoisotopic (exact) mass is 437 g/mol. The molecule has 32 heavy (non-hydrogen) atoms. The summed E-state index contributed by atoms with van der Waals surface area (Å²) < 4.78 is 22.2. The number of aromatic nitrogens is 2. The van der Waals surface area contributed by atoms with Crippen LogP contribution in [-0.2, 0) is 11.3 Å². The molecule has 168 valence electrons. The Balaban J connectivity index is 1.48. The summed E-state index contributed by atoms with van der Waals surface area (Å²) >= 11 is 0. The first-order valence-electron chi connectivity index (χ1n) is 10.8. The number of methoxy groups -OCH3 is 1. The molecule has 1 saturated heterocycles. The molecule has 0 spiro atoms. The zero-order valence-corrected chi connectivity index (χ0v) is 18.5. The van der Waals surface area contributed by atoms with Gasteiger partial charge in [-0.25, -0.2) is 0 Å². The van der Waals surface area contributed by atoms with Gasteiger partial charge in [0, 0.05) is 30.6 Å². The Morgan fingerprint density at radius 3 is 2.62 bits per heavy atom. The van der Waals surface area contributed by atoms with Crippen molar-refractivity contribution in [1.29, 1.82) is 0 Å². The number of amides is 1. The van der Waals surface area contributed by atoms with Crippen LogP contribution < -0.4 is 14.2 Å². The summed E-state index contributed by atoms with van der Waals surface area (Å²) in [6.07, 6.45) is 0.338. The van der Waals surface area contributed by atoms with E-state index in [1.807, 2.05) is 61.2 Å². The highest BCUT2D eigenvalue weighted by Crippen LogP contribution is 2.34. The smallest absolute Gasteiger partial charge is 0.232 e. The summed E-state index contributed by atoms with van der Waals surface area (Å²) in [6.45, 7) is 6.00. The predicted molar refractivity (Wildman–Crippen MR) is 118 cm³/mol.